The molecule has 126 valence electrons. The van der Waals surface area contributed by atoms with Gasteiger partial charge in [-0.25, -0.2) is 0 Å². The molecule has 5 nitrogen and oxygen atoms in total. The van der Waals surface area contributed by atoms with E-state index in [1.807, 2.05) is 42.5 Å². The molecule has 0 bridgehead atoms. The Labute approximate surface area is 142 Å². The monoisotopic (exact) mass is 325 g/mol. The molecule has 1 aromatic heterocycles. The van der Waals surface area contributed by atoms with Gasteiger partial charge in [0.05, 0.1) is 6.10 Å². The molecule has 24 heavy (non-hydrogen) atoms. The van der Waals surface area contributed by atoms with E-state index < -0.39 is 6.04 Å². The molecule has 5 heteroatoms. The van der Waals surface area contributed by atoms with E-state index in [0.717, 1.165) is 30.6 Å². The van der Waals surface area contributed by atoms with E-state index in [2.05, 4.69) is 4.98 Å². The molecule has 2 atom stereocenters. The fourth-order valence-electron chi connectivity index (χ4n) is 2.98. The molecule has 2 N–H and O–H groups in total. The van der Waals surface area contributed by atoms with Crippen LogP contribution in [0.1, 0.15) is 30.0 Å². The van der Waals surface area contributed by atoms with Crippen LogP contribution in [0.4, 0.5) is 0 Å². The topological polar surface area (TPSA) is 68.5 Å². The van der Waals surface area contributed by atoms with Crippen LogP contribution in [0, 0.1) is 0 Å². The van der Waals surface area contributed by atoms with Gasteiger partial charge in [-0.05, 0) is 30.0 Å². The maximum absolute atomic E-state index is 13.0. The lowest BCUT2D eigenvalue weighted by atomic mass is 10.1. The van der Waals surface area contributed by atoms with Crippen molar-refractivity contribution in [3.05, 3.63) is 66.0 Å². The number of pyridine rings is 1. The van der Waals surface area contributed by atoms with Crippen LogP contribution in [0.2, 0.25) is 0 Å². The summed E-state index contributed by atoms with van der Waals surface area (Å²) >= 11 is 0. The van der Waals surface area contributed by atoms with Gasteiger partial charge in [0, 0.05) is 32.1 Å². The summed E-state index contributed by atoms with van der Waals surface area (Å²) in [6, 6.07) is 12.7. The molecule has 1 aliphatic heterocycles. The number of rotatable bonds is 6. The lowest BCUT2D eigenvalue weighted by molar-refractivity contribution is -0.135. The molecule has 2 heterocycles. The SMILES string of the molecule is N[C@H](C(=O)N(Cc1cccnc1)C[C@@H]1CCCO1)c1ccccc1. The molecular weight excluding hydrogens is 302 g/mol. The summed E-state index contributed by atoms with van der Waals surface area (Å²) in [5.74, 6) is -0.0828. The van der Waals surface area contributed by atoms with E-state index in [-0.39, 0.29) is 12.0 Å². The molecule has 2 aromatic rings. The van der Waals surface area contributed by atoms with E-state index in [0.29, 0.717) is 13.1 Å². The van der Waals surface area contributed by atoms with Crippen molar-refractivity contribution in [3.63, 3.8) is 0 Å². The first-order chi connectivity index (χ1) is 11.7. The first-order valence-electron chi connectivity index (χ1n) is 8.34. The van der Waals surface area contributed by atoms with E-state index in [4.69, 9.17) is 10.5 Å². The van der Waals surface area contributed by atoms with Gasteiger partial charge in [-0.15, -0.1) is 0 Å². The van der Waals surface area contributed by atoms with Gasteiger partial charge in [0.1, 0.15) is 6.04 Å². The Kier molecular flexibility index (Phi) is 5.56. The van der Waals surface area contributed by atoms with Crippen molar-refractivity contribution in [2.45, 2.75) is 31.5 Å². The molecule has 0 unspecified atom stereocenters. The van der Waals surface area contributed by atoms with Crippen LogP contribution >= 0.6 is 0 Å². The van der Waals surface area contributed by atoms with Gasteiger partial charge in [-0.3, -0.25) is 9.78 Å². The number of ether oxygens (including phenoxy) is 1. The lowest BCUT2D eigenvalue weighted by Crippen LogP contribution is -2.42. The molecular formula is C19H23N3O2. The highest BCUT2D eigenvalue weighted by atomic mass is 16.5. The maximum Gasteiger partial charge on any atom is 0.244 e. The molecule has 1 fully saturated rings. The number of amides is 1. The van der Waals surface area contributed by atoms with Gasteiger partial charge < -0.3 is 15.4 Å². The second-order valence-electron chi connectivity index (χ2n) is 6.10. The van der Waals surface area contributed by atoms with Crippen molar-refractivity contribution in [1.82, 2.24) is 9.88 Å². The number of nitrogens with two attached hydrogens (primary N) is 1. The van der Waals surface area contributed by atoms with Crippen molar-refractivity contribution in [3.8, 4) is 0 Å². The van der Waals surface area contributed by atoms with Crippen LogP contribution < -0.4 is 5.73 Å². The highest BCUT2D eigenvalue weighted by Crippen LogP contribution is 2.19. The largest absolute Gasteiger partial charge is 0.376 e. The predicted molar refractivity (Wildman–Crippen MR) is 92.0 cm³/mol. The Hall–Kier alpha value is -2.24. The third-order valence-corrected chi connectivity index (χ3v) is 4.28. The zero-order chi connectivity index (χ0) is 16.8. The molecule has 1 aromatic carbocycles. The molecule has 0 spiro atoms. The number of hydrogen-bond acceptors (Lipinski definition) is 4. The predicted octanol–water partition coefficient (Wildman–Crippen LogP) is 2.29. The minimum atomic E-state index is -0.663. The molecule has 0 aliphatic carbocycles. The van der Waals surface area contributed by atoms with E-state index in [9.17, 15) is 4.79 Å². The summed E-state index contributed by atoms with van der Waals surface area (Å²) in [7, 11) is 0. The Morgan fingerprint density at radius 1 is 1.29 bits per heavy atom. The third kappa shape index (κ3) is 4.19. The molecule has 1 amide bonds. The Morgan fingerprint density at radius 2 is 2.12 bits per heavy atom. The number of hydrogen-bond donors (Lipinski definition) is 1. The van der Waals surface area contributed by atoms with E-state index >= 15 is 0 Å². The third-order valence-electron chi connectivity index (χ3n) is 4.28. The van der Waals surface area contributed by atoms with E-state index in [1.54, 1.807) is 17.3 Å². The summed E-state index contributed by atoms with van der Waals surface area (Å²) in [5, 5.41) is 0. The first-order valence-corrected chi connectivity index (χ1v) is 8.34. The minimum Gasteiger partial charge on any atom is -0.376 e. The second-order valence-corrected chi connectivity index (χ2v) is 6.10. The van der Waals surface area contributed by atoms with Crippen molar-refractivity contribution in [1.29, 1.82) is 0 Å². The average molecular weight is 325 g/mol. The van der Waals surface area contributed by atoms with Crippen LogP contribution in [0.3, 0.4) is 0 Å². The lowest BCUT2D eigenvalue weighted by Gasteiger charge is -2.28. The van der Waals surface area contributed by atoms with Crippen molar-refractivity contribution >= 4 is 5.91 Å². The highest BCUT2D eigenvalue weighted by Gasteiger charge is 2.27. The summed E-state index contributed by atoms with van der Waals surface area (Å²) < 4.78 is 5.71. The maximum atomic E-state index is 13.0. The van der Waals surface area contributed by atoms with E-state index in [1.165, 1.54) is 0 Å². The normalized spacial score (nSPS) is 18.3. The van der Waals surface area contributed by atoms with Crippen molar-refractivity contribution in [2.75, 3.05) is 13.2 Å². The van der Waals surface area contributed by atoms with Gasteiger partial charge >= 0.3 is 0 Å². The number of benzene rings is 1. The molecule has 0 radical (unpaired) electrons. The number of nitrogens with zero attached hydrogens (tertiary/aromatic N) is 2. The fourth-order valence-corrected chi connectivity index (χ4v) is 2.98. The number of carbonyl (C=O) groups is 1. The zero-order valence-corrected chi connectivity index (χ0v) is 13.7. The molecule has 1 saturated heterocycles. The second kappa shape index (κ2) is 8.04. The first kappa shape index (κ1) is 16.6. The smallest absolute Gasteiger partial charge is 0.244 e. The minimum absolute atomic E-state index is 0.0828. The molecule has 1 aliphatic rings. The molecule has 3 rings (SSSR count). The summed E-state index contributed by atoms with van der Waals surface area (Å²) in [6.45, 7) is 1.83. The van der Waals surface area contributed by atoms with Crippen LogP contribution in [0.5, 0.6) is 0 Å². The van der Waals surface area contributed by atoms with Gasteiger partial charge in [-0.1, -0.05) is 36.4 Å². The van der Waals surface area contributed by atoms with Crippen LogP contribution in [-0.4, -0.2) is 35.0 Å². The van der Waals surface area contributed by atoms with Crippen LogP contribution in [0.15, 0.2) is 54.9 Å². The van der Waals surface area contributed by atoms with Gasteiger partial charge in [0.2, 0.25) is 5.91 Å². The molecule has 0 saturated carbocycles. The summed E-state index contributed by atoms with van der Waals surface area (Å²) in [4.78, 5) is 18.9. The number of aromatic nitrogens is 1. The van der Waals surface area contributed by atoms with Gasteiger partial charge in [-0.2, -0.15) is 0 Å². The quantitative estimate of drug-likeness (QED) is 0.885. The summed E-state index contributed by atoms with van der Waals surface area (Å²) in [6.07, 6.45) is 5.63. The fraction of sp³-hybridized carbons (Fsp3) is 0.368. The van der Waals surface area contributed by atoms with Crippen LogP contribution in [0.25, 0.3) is 0 Å². The summed E-state index contributed by atoms with van der Waals surface area (Å²) in [5.41, 5.74) is 8.03. The zero-order valence-electron chi connectivity index (χ0n) is 13.7. The van der Waals surface area contributed by atoms with Gasteiger partial charge in [0.15, 0.2) is 0 Å². The van der Waals surface area contributed by atoms with Crippen molar-refractivity contribution < 1.29 is 9.53 Å². The Bertz CT molecular complexity index is 642. The Balaban J connectivity index is 1.75. The van der Waals surface area contributed by atoms with Crippen molar-refractivity contribution in [2.24, 2.45) is 5.73 Å². The number of carbonyl (C=O) groups excluding carboxylic acids is 1. The highest BCUT2D eigenvalue weighted by molar-refractivity contribution is 5.83. The Morgan fingerprint density at radius 3 is 2.79 bits per heavy atom. The van der Waals surface area contributed by atoms with Crippen LogP contribution in [-0.2, 0) is 16.1 Å². The van der Waals surface area contributed by atoms with Gasteiger partial charge in [0.25, 0.3) is 0 Å². The average Bonchev–Trinajstić information content (AvgIpc) is 3.15. The standard InChI is InChI=1S/C19H23N3O2/c20-18(16-7-2-1-3-8-16)19(23)22(14-17-9-5-11-24-17)13-15-6-4-10-21-12-15/h1-4,6-8,10,12,17-18H,5,9,11,13-14,20H2/t17-,18-/m0/s1.